The minimum atomic E-state index is 0.443. The summed E-state index contributed by atoms with van der Waals surface area (Å²) in [5, 5.41) is 3.82. The van der Waals surface area contributed by atoms with Gasteiger partial charge in [-0.2, -0.15) is 0 Å². The van der Waals surface area contributed by atoms with E-state index in [2.05, 4.69) is 20.2 Å². The van der Waals surface area contributed by atoms with Crippen LogP contribution in [0.5, 0.6) is 0 Å². The van der Waals surface area contributed by atoms with Gasteiger partial charge in [-0.3, -0.25) is 0 Å². The lowest BCUT2D eigenvalue weighted by atomic mass is 10.2. The lowest BCUT2D eigenvalue weighted by Gasteiger charge is -2.25. The zero-order valence-electron chi connectivity index (χ0n) is 10.2. The summed E-state index contributed by atoms with van der Waals surface area (Å²) in [4.78, 5) is 11.2. The predicted molar refractivity (Wildman–Crippen MR) is 74.2 cm³/mol. The third kappa shape index (κ3) is 2.02. The average Bonchev–Trinajstić information content (AvgIpc) is 2.91. The quantitative estimate of drug-likeness (QED) is 0.900. The summed E-state index contributed by atoms with van der Waals surface area (Å²) < 4.78 is 0. The number of aromatic nitrogens is 2. The van der Waals surface area contributed by atoms with Crippen molar-refractivity contribution in [2.45, 2.75) is 12.5 Å². The largest absolute Gasteiger partial charge is 0.353 e. The zero-order valence-corrected chi connectivity index (χ0v) is 11.0. The molecular formula is C13H15ClN4. The first-order valence-corrected chi connectivity index (χ1v) is 6.49. The average molecular weight is 263 g/mol. The molecule has 5 heteroatoms. The van der Waals surface area contributed by atoms with E-state index in [9.17, 15) is 0 Å². The Morgan fingerprint density at radius 1 is 1.28 bits per heavy atom. The van der Waals surface area contributed by atoms with Crippen molar-refractivity contribution < 1.29 is 0 Å². The second kappa shape index (κ2) is 4.71. The molecule has 1 atom stereocenters. The fourth-order valence-electron chi connectivity index (χ4n) is 2.34. The van der Waals surface area contributed by atoms with E-state index in [1.54, 1.807) is 0 Å². The summed E-state index contributed by atoms with van der Waals surface area (Å²) in [6.07, 6.45) is 1.11. The molecule has 18 heavy (non-hydrogen) atoms. The van der Waals surface area contributed by atoms with Crippen molar-refractivity contribution in [1.29, 1.82) is 0 Å². The molecule has 0 bridgehead atoms. The van der Waals surface area contributed by atoms with Gasteiger partial charge in [-0.25, -0.2) is 9.97 Å². The maximum atomic E-state index is 6.24. The fourth-order valence-corrected chi connectivity index (χ4v) is 2.60. The van der Waals surface area contributed by atoms with Gasteiger partial charge in [0, 0.05) is 19.6 Å². The molecule has 94 valence electrons. The Morgan fingerprint density at radius 3 is 2.67 bits per heavy atom. The molecule has 2 heterocycles. The molecule has 3 rings (SSSR count). The van der Waals surface area contributed by atoms with Crippen molar-refractivity contribution in [3.05, 3.63) is 29.4 Å². The van der Waals surface area contributed by atoms with Crippen LogP contribution in [0.3, 0.4) is 0 Å². The molecule has 0 saturated carbocycles. The van der Waals surface area contributed by atoms with Gasteiger partial charge in [0.25, 0.3) is 0 Å². The summed E-state index contributed by atoms with van der Waals surface area (Å²) in [7, 11) is 2.03. The fraction of sp³-hybridized carbons (Fsp3) is 0.385. The highest BCUT2D eigenvalue weighted by Crippen LogP contribution is 2.26. The summed E-state index contributed by atoms with van der Waals surface area (Å²) in [6, 6.07) is 8.24. The van der Waals surface area contributed by atoms with Gasteiger partial charge in [0.05, 0.1) is 11.0 Å². The summed E-state index contributed by atoms with van der Waals surface area (Å²) >= 11 is 6.24. The lowest BCUT2D eigenvalue weighted by molar-refractivity contribution is 0.678. The number of anilines is 1. The van der Waals surface area contributed by atoms with Gasteiger partial charge in [0.15, 0.2) is 11.0 Å². The summed E-state index contributed by atoms with van der Waals surface area (Å²) in [5.74, 6) is 0.768. The van der Waals surface area contributed by atoms with Crippen LogP contribution in [0.4, 0.5) is 5.82 Å². The SMILES string of the molecule is CN(c1nc2ccccc2nc1Cl)[C@@H]1CCNC1. The van der Waals surface area contributed by atoms with Gasteiger partial charge in [0.1, 0.15) is 0 Å². The van der Waals surface area contributed by atoms with Gasteiger partial charge in [-0.1, -0.05) is 23.7 Å². The maximum absolute atomic E-state index is 6.24. The van der Waals surface area contributed by atoms with Crippen molar-refractivity contribution in [2.24, 2.45) is 0 Å². The zero-order chi connectivity index (χ0) is 12.5. The molecule has 1 saturated heterocycles. The van der Waals surface area contributed by atoms with E-state index in [4.69, 9.17) is 11.6 Å². The van der Waals surface area contributed by atoms with Gasteiger partial charge in [0.2, 0.25) is 0 Å². The molecule has 1 fully saturated rings. The molecule has 0 spiro atoms. The second-order valence-electron chi connectivity index (χ2n) is 4.58. The van der Waals surface area contributed by atoms with Crippen molar-refractivity contribution >= 4 is 28.5 Å². The van der Waals surface area contributed by atoms with Crippen LogP contribution in [0.1, 0.15) is 6.42 Å². The standard InChI is InChI=1S/C13H15ClN4/c1-18(9-6-7-15-8-9)13-12(14)16-10-4-2-3-5-11(10)17-13/h2-5,9,15H,6-8H2,1H3/t9-/m1/s1. The first kappa shape index (κ1) is 11.7. The molecular weight excluding hydrogens is 248 g/mol. The van der Waals surface area contributed by atoms with Gasteiger partial charge < -0.3 is 10.2 Å². The number of likely N-dealkylation sites (N-methyl/N-ethyl adjacent to an activating group) is 1. The highest BCUT2D eigenvalue weighted by Gasteiger charge is 2.22. The first-order chi connectivity index (χ1) is 8.75. The molecule has 1 aliphatic rings. The summed E-state index contributed by atoms with van der Waals surface area (Å²) in [5.41, 5.74) is 1.72. The minimum absolute atomic E-state index is 0.443. The molecule has 2 aromatic rings. The molecule has 0 radical (unpaired) electrons. The normalized spacial score (nSPS) is 19.3. The predicted octanol–water partition coefficient (Wildman–Crippen LogP) is 2.08. The minimum Gasteiger partial charge on any atom is -0.353 e. The Kier molecular flexibility index (Phi) is 3.06. The van der Waals surface area contributed by atoms with Gasteiger partial charge in [-0.05, 0) is 25.1 Å². The number of rotatable bonds is 2. The van der Waals surface area contributed by atoms with Crippen LogP contribution >= 0.6 is 11.6 Å². The molecule has 0 amide bonds. The van der Waals surface area contributed by atoms with E-state index < -0.39 is 0 Å². The Bertz CT molecular complexity index is 566. The molecule has 4 nitrogen and oxygen atoms in total. The van der Waals surface area contributed by atoms with Gasteiger partial charge >= 0.3 is 0 Å². The number of para-hydroxylation sites is 2. The Morgan fingerprint density at radius 2 is 2.00 bits per heavy atom. The Balaban J connectivity index is 2.02. The van der Waals surface area contributed by atoms with Crippen molar-refractivity contribution in [2.75, 3.05) is 25.0 Å². The molecule has 1 aromatic heterocycles. The Labute approximate surface area is 111 Å². The number of hydrogen-bond acceptors (Lipinski definition) is 4. The molecule has 0 unspecified atom stereocenters. The topological polar surface area (TPSA) is 41.1 Å². The van der Waals surface area contributed by atoms with Crippen LogP contribution in [0.15, 0.2) is 24.3 Å². The smallest absolute Gasteiger partial charge is 0.172 e. The Hall–Kier alpha value is -1.39. The number of halogens is 1. The van der Waals surface area contributed by atoms with Crippen LogP contribution in [-0.2, 0) is 0 Å². The van der Waals surface area contributed by atoms with Crippen LogP contribution in [0, 0.1) is 0 Å². The van der Waals surface area contributed by atoms with Crippen molar-refractivity contribution in [3.8, 4) is 0 Å². The molecule has 0 aliphatic carbocycles. The van der Waals surface area contributed by atoms with Crippen LogP contribution < -0.4 is 10.2 Å². The van der Waals surface area contributed by atoms with Gasteiger partial charge in [-0.15, -0.1) is 0 Å². The van der Waals surface area contributed by atoms with Crippen LogP contribution in [0.25, 0.3) is 11.0 Å². The van der Waals surface area contributed by atoms with E-state index in [0.717, 1.165) is 36.4 Å². The number of nitrogens with one attached hydrogen (secondary N) is 1. The van der Waals surface area contributed by atoms with Crippen LogP contribution in [-0.4, -0.2) is 36.1 Å². The summed E-state index contributed by atoms with van der Waals surface area (Å²) in [6.45, 7) is 2.02. The maximum Gasteiger partial charge on any atom is 0.172 e. The number of fused-ring (bicyclic) bond motifs is 1. The van der Waals surface area contributed by atoms with E-state index >= 15 is 0 Å². The highest BCUT2D eigenvalue weighted by molar-refractivity contribution is 6.32. The lowest BCUT2D eigenvalue weighted by Crippen LogP contribution is -2.34. The molecule has 1 N–H and O–H groups in total. The first-order valence-electron chi connectivity index (χ1n) is 6.11. The third-order valence-electron chi connectivity index (χ3n) is 3.43. The van der Waals surface area contributed by atoms with Crippen molar-refractivity contribution in [3.63, 3.8) is 0 Å². The number of benzene rings is 1. The van der Waals surface area contributed by atoms with E-state index in [1.807, 2.05) is 31.3 Å². The van der Waals surface area contributed by atoms with Crippen LogP contribution in [0.2, 0.25) is 5.15 Å². The van der Waals surface area contributed by atoms with E-state index in [-0.39, 0.29) is 0 Å². The van der Waals surface area contributed by atoms with Crippen molar-refractivity contribution in [1.82, 2.24) is 15.3 Å². The third-order valence-corrected chi connectivity index (χ3v) is 3.68. The highest BCUT2D eigenvalue weighted by atomic mass is 35.5. The monoisotopic (exact) mass is 262 g/mol. The van der Waals surface area contributed by atoms with E-state index in [1.165, 1.54) is 0 Å². The number of nitrogens with zero attached hydrogens (tertiary/aromatic N) is 3. The molecule has 1 aliphatic heterocycles. The second-order valence-corrected chi connectivity index (χ2v) is 4.94. The number of hydrogen-bond donors (Lipinski definition) is 1. The van der Waals surface area contributed by atoms with E-state index in [0.29, 0.717) is 11.2 Å². The molecule has 1 aromatic carbocycles.